The lowest BCUT2D eigenvalue weighted by atomic mass is 10.1. The zero-order chi connectivity index (χ0) is 19.6. The number of ether oxygens (including phenoxy) is 2. The Balaban J connectivity index is 1.40. The lowest BCUT2D eigenvalue weighted by Gasteiger charge is -2.36. The number of rotatable bonds is 7. The predicted octanol–water partition coefficient (Wildman–Crippen LogP) is 1.59. The third-order valence-corrected chi connectivity index (χ3v) is 5.02. The largest absolute Gasteiger partial charge is 0.459 e. The molecule has 1 N–H and O–H groups in total. The fraction of sp³-hybridized carbons (Fsp3) is 0.700. The summed E-state index contributed by atoms with van der Waals surface area (Å²) in [5, 5.41) is 3.36. The van der Waals surface area contributed by atoms with E-state index in [9.17, 15) is 4.79 Å². The molecule has 3 heterocycles. The van der Waals surface area contributed by atoms with E-state index in [1.54, 1.807) is 12.1 Å². The van der Waals surface area contributed by atoms with Crippen LogP contribution in [0, 0.1) is 0 Å². The summed E-state index contributed by atoms with van der Waals surface area (Å²) in [7, 11) is 0. The minimum Gasteiger partial charge on any atom is -0.459 e. The zero-order valence-corrected chi connectivity index (χ0v) is 16.8. The molecule has 0 atom stereocenters. The highest BCUT2D eigenvalue weighted by Crippen LogP contribution is 2.11. The van der Waals surface area contributed by atoms with Crippen LogP contribution in [0.25, 0.3) is 0 Å². The molecule has 28 heavy (non-hydrogen) atoms. The Morgan fingerprint density at radius 3 is 2.68 bits per heavy atom. The minimum atomic E-state index is -0.0446. The number of nitrogens with one attached hydrogen (secondary N) is 1. The summed E-state index contributed by atoms with van der Waals surface area (Å²) >= 11 is 0. The van der Waals surface area contributed by atoms with Crippen LogP contribution in [0.2, 0.25) is 0 Å². The van der Waals surface area contributed by atoms with Crippen molar-refractivity contribution in [1.29, 1.82) is 0 Å². The first-order chi connectivity index (χ1) is 13.8. The van der Waals surface area contributed by atoms with Crippen LogP contribution in [0.3, 0.4) is 0 Å². The summed E-state index contributed by atoms with van der Waals surface area (Å²) in [5.74, 6) is 1.27. The maximum absolute atomic E-state index is 12.4. The molecule has 0 unspecified atom stereocenters. The van der Waals surface area contributed by atoms with Gasteiger partial charge in [0.25, 0.3) is 5.91 Å². The van der Waals surface area contributed by atoms with Crippen LogP contribution in [-0.2, 0) is 9.47 Å². The Morgan fingerprint density at radius 1 is 1.25 bits per heavy atom. The summed E-state index contributed by atoms with van der Waals surface area (Å²) in [6.07, 6.45) is 4.76. The van der Waals surface area contributed by atoms with Gasteiger partial charge < -0.3 is 29.0 Å². The third kappa shape index (κ3) is 5.97. The van der Waals surface area contributed by atoms with E-state index < -0.39 is 0 Å². The second-order valence-electron chi connectivity index (χ2n) is 7.03. The van der Waals surface area contributed by atoms with Crippen LogP contribution in [0.1, 0.15) is 36.7 Å². The number of carbonyl (C=O) groups excluding carboxylic acids is 1. The first kappa shape index (κ1) is 20.7. The summed E-state index contributed by atoms with van der Waals surface area (Å²) < 4.78 is 16.5. The van der Waals surface area contributed by atoms with Crippen LogP contribution >= 0.6 is 0 Å². The van der Waals surface area contributed by atoms with E-state index in [1.165, 1.54) is 6.26 Å². The molecule has 3 rings (SSSR count). The molecular formula is C20H32N4O4. The molecule has 0 bridgehead atoms. The van der Waals surface area contributed by atoms with Gasteiger partial charge in [0.15, 0.2) is 11.7 Å². The van der Waals surface area contributed by atoms with Gasteiger partial charge in [-0.15, -0.1) is 0 Å². The van der Waals surface area contributed by atoms with Crippen molar-refractivity contribution in [3.8, 4) is 0 Å². The van der Waals surface area contributed by atoms with Crippen molar-refractivity contribution in [3.63, 3.8) is 0 Å². The summed E-state index contributed by atoms with van der Waals surface area (Å²) in [4.78, 5) is 21.2. The Kier molecular flexibility index (Phi) is 8.17. The lowest BCUT2D eigenvalue weighted by Crippen LogP contribution is -2.53. The van der Waals surface area contributed by atoms with Gasteiger partial charge in [-0.05, 0) is 38.3 Å². The van der Waals surface area contributed by atoms with Crippen molar-refractivity contribution in [2.75, 3.05) is 59.1 Å². The molecule has 0 aromatic carbocycles. The van der Waals surface area contributed by atoms with Crippen molar-refractivity contribution in [2.24, 2.45) is 4.99 Å². The van der Waals surface area contributed by atoms with E-state index in [4.69, 9.17) is 18.9 Å². The molecular weight excluding hydrogens is 360 g/mol. The molecule has 2 aliphatic rings. The van der Waals surface area contributed by atoms with Crippen molar-refractivity contribution in [3.05, 3.63) is 24.2 Å². The number of carbonyl (C=O) groups is 1. The molecule has 1 amide bonds. The first-order valence-corrected chi connectivity index (χ1v) is 10.3. The van der Waals surface area contributed by atoms with Crippen molar-refractivity contribution < 1.29 is 18.7 Å². The van der Waals surface area contributed by atoms with E-state index in [2.05, 4.69) is 17.1 Å². The molecule has 0 spiro atoms. The summed E-state index contributed by atoms with van der Waals surface area (Å²) in [6, 6.07) is 3.45. The van der Waals surface area contributed by atoms with Gasteiger partial charge in [-0.2, -0.15) is 0 Å². The lowest BCUT2D eigenvalue weighted by molar-refractivity contribution is -0.0318. The minimum absolute atomic E-state index is 0.0446. The highest BCUT2D eigenvalue weighted by atomic mass is 16.5. The fourth-order valence-electron chi connectivity index (χ4n) is 3.45. The van der Waals surface area contributed by atoms with Crippen LogP contribution in [0.15, 0.2) is 27.8 Å². The topological polar surface area (TPSA) is 79.5 Å². The highest BCUT2D eigenvalue weighted by molar-refractivity contribution is 5.91. The monoisotopic (exact) mass is 392 g/mol. The predicted molar refractivity (Wildman–Crippen MR) is 107 cm³/mol. The van der Waals surface area contributed by atoms with Gasteiger partial charge in [-0.25, -0.2) is 0 Å². The molecule has 1 aromatic rings. The Morgan fingerprint density at radius 2 is 2.00 bits per heavy atom. The Labute approximate surface area is 166 Å². The summed E-state index contributed by atoms with van der Waals surface area (Å²) in [6.45, 7) is 8.82. The van der Waals surface area contributed by atoms with Gasteiger partial charge in [0.05, 0.1) is 12.4 Å². The quantitative estimate of drug-likeness (QED) is 0.431. The van der Waals surface area contributed by atoms with Gasteiger partial charge in [-0.3, -0.25) is 9.79 Å². The molecule has 2 aliphatic heterocycles. The molecule has 0 radical (unpaired) electrons. The molecule has 1 aromatic heterocycles. The number of furan rings is 1. The Hall–Kier alpha value is -2.06. The standard InChI is InChI=1S/C20H32N4O4/c1-2-21-20(22-8-4-14-27-17-6-15-26-16-7-17)24-11-9-23(10-12-24)19(25)18-5-3-13-28-18/h3,5,13,17H,2,4,6-12,14-16H2,1H3,(H,21,22). The maximum Gasteiger partial charge on any atom is 0.289 e. The van der Waals surface area contributed by atoms with Gasteiger partial charge in [0.2, 0.25) is 0 Å². The summed E-state index contributed by atoms with van der Waals surface area (Å²) in [5.41, 5.74) is 0. The SMILES string of the molecule is CCNC(=NCCCOC1CCOCC1)N1CCN(C(=O)c2ccco2)CC1. The average molecular weight is 393 g/mol. The number of hydrogen-bond acceptors (Lipinski definition) is 5. The van der Waals surface area contributed by atoms with Crippen molar-refractivity contribution in [2.45, 2.75) is 32.3 Å². The number of amides is 1. The van der Waals surface area contributed by atoms with E-state index in [1.807, 2.05) is 4.90 Å². The molecule has 8 nitrogen and oxygen atoms in total. The van der Waals surface area contributed by atoms with Gasteiger partial charge in [0, 0.05) is 59.1 Å². The number of piperazine rings is 1. The first-order valence-electron chi connectivity index (χ1n) is 10.3. The fourth-order valence-corrected chi connectivity index (χ4v) is 3.45. The van der Waals surface area contributed by atoms with Crippen LogP contribution in [0.4, 0.5) is 0 Å². The van der Waals surface area contributed by atoms with Crippen molar-refractivity contribution in [1.82, 2.24) is 15.1 Å². The zero-order valence-electron chi connectivity index (χ0n) is 16.8. The third-order valence-electron chi connectivity index (χ3n) is 5.02. The van der Waals surface area contributed by atoms with E-state index in [0.29, 0.717) is 25.0 Å². The van der Waals surface area contributed by atoms with Gasteiger partial charge >= 0.3 is 0 Å². The van der Waals surface area contributed by atoms with Gasteiger partial charge in [0.1, 0.15) is 0 Å². The number of guanidine groups is 1. The molecule has 8 heteroatoms. The maximum atomic E-state index is 12.4. The highest BCUT2D eigenvalue weighted by Gasteiger charge is 2.25. The van der Waals surface area contributed by atoms with Crippen LogP contribution < -0.4 is 5.32 Å². The molecule has 156 valence electrons. The van der Waals surface area contributed by atoms with Gasteiger partial charge in [-0.1, -0.05) is 0 Å². The molecule has 0 aliphatic carbocycles. The average Bonchev–Trinajstić information content (AvgIpc) is 3.28. The van der Waals surface area contributed by atoms with Crippen molar-refractivity contribution >= 4 is 11.9 Å². The normalized spacial score (nSPS) is 19.1. The smallest absolute Gasteiger partial charge is 0.289 e. The van der Waals surface area contributed by atoms with E-state index in [-0.39, 0.29) is 5.91 Å². The Bertz CT molecular complexity index is 606. The van der Waals surface area contributed by atoms with Crippen LogP contribution in [-0.4, -0.2) is 86.9 Å². The van der Waals surface area contributed by atoms with E-state index >= 15 is 0 Å². The second-order valence-corrected chi connectivity index (χ2v) is 7.03. The number of hydrogen-bond donors (Lipinski definition) is 1. The number of aliphatic imine (C=N–C) groups is 1. The second kappa shape index (κ2) is 11.1. The molecule has 2 saturated heterocycles. The van der Waals surface area contributed by atoms with E-state index in [0.717, 1.165) is 71.2 Å². The molecule has 0 saturated carbocycles. The van der Waals surface area contributed by atoms with Crippen LogP contribution in [0.5, 0.6) is 0 Å². The number of nitrogens with zero attached hydrogens (tertiary/aromatic N) is 3. The molecule has 2 fully saturated rings.